The Morgan fingerprint density at radius 3 is 2.54 bits per heavy atom. The first-order chi connectivity index (χ1) is 6.13. The van der Waals surface area contributed by atoms with Gasteiger partial charge in [-0.2, -0.15) is 0 Å². The molecule has 0 heterocycles. The van der Waals surface area contributed by atoms with Crippen LogP contribution in [-0.4, -0.2) is 24.3 Å². The van der Waals surface area contributed by atoms with E-state index in [0.29, 0.717) is 12.1 Å². The Morgan fingerprint density at radius 2 is 2.00 bits per heavy atom. The molecule has 0 aliphatic carbocycles. The van der Waals surface area contributed by atoms with Gasteiger partial charge in [0.25, 0.3) is 0 Å². The average molecular weight is 180 g/mol. The van der Waals surface area contributed by atoms with Crippen molar-refractivity contribution >= 4 is 12.6 Å². The zero-order valence-corrected chi connectivity index (χ0v) is 7.82. The van der Waals surface area contributed by atoms with Crippen LogP contribution in [0.3, 0.4) is 0 Å². The second-order valence-electron chi connectivity index (χ2n) is 3.06. The monoisotopic (exact) mass is 180 g/mol. The summed E-state index contributed by atoms with van der Waals surface area (Å²) < 4.78 is 4.95. The van der Waals surface area contributed by atoms with Crippen LogP contribution < -0.4 is 5.46 Å². The van der Waals surface area contributed by atoms with Gasteiger partial charge in [-0.05, 0) is 17.9 Å². The molecule has 70 valence electrons. The Bertz CT molecular complexity index is 286. The molecule has 13 heavy (non-hydrogen) atoms. The van der Waals surface area contributed by atoms with Crippen molar-refractivity contribution in [3.63, 3.8) is 0 Å². The Labute approximate surface area is 78.1 Å². The quantitative estimate of drug-likeness (QED) is 0.634. The van der Waals surface area contributed by atoms with E-state index in [1.54, 1.807) is 19.2 Å². The molecule has 0 aliphatic rings. The van der Waals surface area contributed by atoms with Gasteiger partial charge in [-0.25, -0.2) is 0 Å². The van der Waals surface area contributed by atoms with Crippen molar-refractivity contribution in [3.05, 3.63) is 29.3 Å². The molecular formula is C9H13BO3. The summed E-state index contributed by atoms with van der Waals surface area (Å²) in [5.74, 6) is 0. The summed E-state index contributed by atoms with van der Waals surface area (Å²) in [5, 5.41) is 17.9. The Morgan fingerprint density at radius 1 is 1.31 bits per heavy atom. The van der Waals surface area contributed by atoms with E-state index in [0.717, 1.165) is 11.1 Å². The molecule has 1 rings (SSSR count). The first-order valence-electron chi connectivity index (χ1n) is 4.09. The molecule has 0 aliphatic heterocycles. The highest BCUT2D eigenvalue weighted by atomic mass is 16.5. The third kappa shape index (κ3) is 2.84. The van der Waals surface area contributed by atoms with Crippen LogP contribution >= 0.6 is 0 Å². The lowest BCUT2D eigenvalue weighted by molar-refractivity contribution is 0.185. The van der Waals surface area contributed by atoms with Gasteiger partial charge in [-0.3, -0.25) is 0 Å². The molecule has 0 bridgehead atoms. The van der Waals surface area contributed by atoms with Crippen LogP contribution in [0.15, 0.2) is 18.2 Å². The molecule has 0 aromatic heterocycles. The summed E-state index contributed by atoms with van der Waals surface area (Å²) in [7, 11) is 0.202. The third-order valence-corrected chi connectivity index (χ3v) is 1.77. The highest BCUT2D eigenvalue weighted by Gasteiger charge is 2.11. The van der Waals surface area contributed by atoms with Crippen LogP contribution in [0.5, 0.6) is 0 Å². The van der Waals surface area contributed by atoms with Crippen LogP contribution in [-0.2, 0) is 11.3 Å². The van der Waals surface area contributed by atoms with Gasteiger partial charge < -0.3 is 14.8 Å². The van der Waals surface area contributed by atoms with Gasteiger partial charge in [0.15, 0.2) is 0 Å². The number of hydrogen-bond acceptors (Lipinski definition) is 3. The number of ether oxygens (including phenoxy) is 1. The summed E-state index contributed by atoms with van der Waals surface area (Å²) in [5.41, 5.74) is 2.45. The molecule has 0 saturated heterocycles. The van der Waals surface area contributed by atoms with E-state index < -0.39 is 7.12 Å². The standard InChI is InChI=1S/C9H13BO3/c1-7-3-8(6-13-2)5-9(4-7)10(11)12/h3-5,11-12H,6H2,1-2H3. The van der Waals surface area contributed by atoms with Crippen LogP contribution in [0, 0.1) is 6.92 Å². The minimum atomic E-state index is -1.41. The van der Waals surface area contributed by atoms with Gasteiger partial charge in [0, 0.05) is 7.11 Å². The van der Waals surface area contributed by atoms with Crippen LogP contribution in [0.1, 0.15) is 11.1 Å². The molecule has 0 amide bonds. The number of hydrogen-bond donors (Lipinski definition) is 2. The first kappa shape index (κ1) is 10.2. The van der Waals surface area contributed by atoms with Gasteiger partial charge in [-0.1, -0.05) is 23.8 Å². The summed E-state index contributed by atoms with van der Waals surface area (Å²) in [4.78, 5) is 0. The van der Waals surface area contributed by atoms with Gasteiger partial charge >= 0.3 is 7.12 Å². The molecule has 2 N–H and O–H groups in total. The largest absolute Gasteiger partial charge is 0.488 e. The summed E-state index contributed by atoms with van der Waals surface area (Å²) in [6.07, 6.45) is 0. The Balaban J connectivity index is 2.96. The molecule has 0 spiro atoms. The molecular weight excluding hydrogens is 167 g/mol. The topological polar surface area (TPSA) is 49.7 Å². The normalized spacial score (nSPS) is 10.2. The van der Waals surface area contributed by atoms with Crippen molar-refractivity contribution in [2.75, 3.05) is 7.11 Å². The summed E-state index contributed by atoms with van der Waals surface area (Å²) in [6.45, 7) is 2.40. The van der Waals surface area contributed by atoms with Gasteiger partial charge in [0.2, 0.25) is 0 Å². The van der Waals surface area contributed by atoms with Gasteiger partial charge in [0.1, 0.15) is 0 Å². The second kappa shape index (κ2) is 4.41. The minimum absolute atomic E-state index is 0.488. The van der Waals surface area contributed by atoms with Crippen molar-refractivity contribution in [2.45, 2.75) is 13.5 Å². The number of rotatable bonds is 3. The molecule has 3 nitrogen and oxygen atoms in total. The fourth-order valence-electron chi connectivity index (χ4n) is 1.29. The zero-order valence-electron chi connectivity index (χ0n) is 7.82. The molecule has 1 aromatic carbocycles. The maximum Gasteiger partial charge on any atom is 0.488 e. The molecule has 0 unspecified atom stereocenters. The van der Waals surface area contributed by atoms with Gasteiger partial charge in [0.05, 0.1) is 6.61 Å². The van der Waals surface area contributed by atoms with E-state index >= 15 is 0 Å². The van der Waals surface area contributed by atoms with E-state index in [-0.39, 0.29) is 0 Å². The lowest BCUT2D eigenvalue weighted by Crippen LogP contribution is -2.30. The summed E-state index contributed by atoms with van der Waals surface area (Å²) >= 11 is 0. The Kier molecular flexibility index (Phi) is 3.48. The lowest BCUT2D eigenvalue weighted by atomic mass is 9.79. The van der Waals surface area contributed by atoms with E-state index in [2.05, 4.69) is 0 Å². The van der Waals surface area contributed by atoms with Crippen molar-refractivity contribution < 1.29 is 14.8 Å². The zero-order chi connectivity index (χ0) is 9.84. The van der Waals surface area contributed by atoms with E-state index in [1.165, 1.54) is 0 Å². The van der Waals surface area contributed by atoms with Crippen molar-refractivity contribution in [3.8, 4) is 0 Å². The van der Waals surface area contributed by atoms with Crippen LogP contribution in [0.25, 0.3) is 0 Å². The molecule has 0 saturated carbocycles. The maximum absolute atomic E-state index is 8.96. The molecule has 4 heteroatoms. The third-order valence-electron chi connectivity index (χ3n) is 1.77. The van der Waals surface area contributed by atoms with E-state index in [4.69, 9.17) is 14.8 Å². The molecule has 0 radical (unpaired) electrons. The minimum Gasteiger partial charge on any atom is -0.423 e. The number of benzene rings is 1. The highest BCUT2D eigenvalue weighted by molar-refractivity contribution is 6.58. The van der Waals surface area contributed by atoms with Crippen molar-refractivity contribution in [2.24, 2.45) is 0 Å². The second-order valence-corrected chi connectivity index (χ2v) is 3.06. The van der Waals surface area contributed by atoms with Crippen molar-refractivity contribution in [1.29, 1.82) is 0 Å². The fourth-order valence-corrected chi connectivity index (χ4v) is 1.29. The maximum atomic E-state index is 8.96. The Hall–Kier alpha value is -0.835. The SMILES string of the molecule is COCc1cc(C)cc(B(O)O)c1. The average Bonchev–Trinajstić information content (AvgIpc) is 2.03. The first-order valence-corrected chi connectivity index (χ1v) is 4.09. The van der Waals surface area contributed by atoms with Crippen molar-refractivity contribution in [1.82, 2.24) is 0 Å². The highest BCUT2D eigenvalue weighted by Crippen LogP contribution is 2.03. The summed E-state index contributed by atoms with van der Waals surface area (Å²) in [6, 6.07) is 5.42. The molecule has 0 fully saturated rings. The fraction of sp³-hybridized carbons (Fsp3) is 0.333. The number of aryl methyl sites for hydroxylation is 1. The predicted octanol–water partition coefficient (Wildman–Crippen LogP) is -0.179. The molecule has 0 atom stereocenters. The lowest BCUT2D eigenvalue weighted by Gasteiger charge is -2.05. The van der Waals surface area contributed by atoms with Crippen LogP contribution in [0.2, 0.25) is 0 Å². The van der Waals surface area contributed by atoms with Crippen LogP contribution in [0.4, 0.5) is 0 Å². The van der Waals surface area contributed by atoms with E-state index in [9.17, 15) is 0 Å². The molecule has 1 aromatic rings. The predicted molar refractivity (Wildman–Crippen MR) is 51.7 cm³/mol. The number of methoxy groups -OCH3 is 1. The van der Waals surface area contributed by atoms with Gasteiger partial charge in [-0.15, -0.1) is 0 Å². The smallest absolute Gasteiger partial charge is 0.423 e. The van der Waals surface area contributed by atoms with E-state index in [1.807, 2.05) is 13.0 Å².